The van der Waals surface area contributed by atoms with Gasteiger partial charge in [0.05, 0.1) is 6.42 Å². The van der Waals surface area contributed by atoms with Gasteiger partial charge in [-0.1, -0.05) is 25.0 Å². The Kier molecular flexibility index (Phi) is 6.96. The second-order valence-corrected chi connectivity index (χ2v) is 5.26. The molecule has 1 fully saturated rings. The van der Waals surface area contributed by atoms with Gasteiger partial charge in [0.25, 0.3) is 0 Å². The predicted molar refractivity (Wildman–Crippen MR) is 80.3 cm³/mol. The van der Waals surface area contributed by atoms with E-state index in [1.807, 2.05) is 0 Å². The summed E-state index contributed by atoms with van der Waals surface area (Å²) in [6, 6.07) is 6.36. The number of carbonyl (C=O) groups is 1. The van der Waals surface area contributed by atoms with Crippen molar-refractivity contribution in [3.63, 3.8) is 0 Å². The quantitative estimate of drug-likeness (QED) is 0.897. The molecular weight excluding hydrogens is 279 g/mol. The van der Waals surface area contributed by atoms with Crippen LogP contribution in [0.25, 0.3) is 0 Å². The Morgan fingerprint density at radius 2 is 2.10 bits per heavy atom. The molecule has 1 aliphatic carbocycles. The molecule has 1 amide bonds. The predicted octanol–water partition coefficient (Wildman–Crippen LogP) is 2.42. The van der Waals surface area contributed by atoms with Crippen molar-refractivity contribution in [3.05, 3.63) is 35.6 Å². The van der Waals surface area contributed by atoms with Gasteiger partial charge >= 0.3 is 0 Å². The third-order valence-corrected chi connectivity index (χ3v) is 3.81. The first-order chi connectivity index (χ1) is 9.19. The van der Waals surface area contributed by atoms with Gasteiger partial charge in [-0.2, -0.15) is 0 Å². The molecule has 1 aliphatic rings. The molecule has 2 rings (SSSR count). The van der Waals surface area contributed by atoms with E-state index in [0.29, 0.717) is 18.0 Å². The van der Waals surface area contributed by atoms with Crippen molar-refractivity contribution in [2.45, 2.75) is 38.1 Å². The van der Waals surface area contributed by atoms with Crippen LogP contribution in [0.2, 0.25) is 0 Å². The molecule has 1 aromatic rings. The fraction of sp³-hybridized carbons (Fsp3) is 0.533. The normalized spacial score (nSPS) is 21.9. The second kappa shape index (κ2) is 8.22. The maximum atomic E-state index is 13.0. The number of amides is 1. The van der Waals surface area contributed by atoms with Crippen molar-refractivity contribution in [1.29, 1.82) is 0 Å². The highest BCUT2D eigenvalue weighted by atomic mass is 35.5. The number of rotatable bonds is 4. The first kappa shape index (κ1) is 16.9. The van der Waals surface area contributed by atoms with Crippen LogP contribution in [-0.2, 0) is 11.2 Å². The summed E-state index contributed by atoms with van der Waals surface area (Å²) >= 11 is 0. The number of nitrogens with two attached hydrogens (primary N) is 1. The van der Waals surface area contributed by atoms with Gasteiger partial charge in [0, 0.05) is 6.04 Å². The average Bonchev–Trinajstić information content (AvgIpc) is 2.39. The summed E-state index contributed by atoms with van der Waals surface area (Å²) in [4.78, 5) is 12.0. The molecule has 0 saturated heterocycles. The Morgan fingerprint density at radius 1 is 1.35 bits per heavy atom. The van der Waals surface area contributed by atoms with Crippen LogP contribution in [-0.4, -0.2) is 18.5 Å². The zero-order valence-corrected chi connectivity index (χ0v) is 12.3. The van der Waals surface area contributed by atoms with E-state index in [1.165, 1.54) is 18.6 Å². The zero-order chi connectivity index (χ0) is 13.7. The van der Waals surface area contributed by atoms with Crippen molar-refractivity contribution in [2.75, 3.05) is 6.54 Å². The third kappa shape index (κ3) is 4.76. The number of benzene rings is 1. The molecule has 0 heterocycles. The van der Waals surface area contributed by atoms with Crippen LogP contribution in [0, 0.1) is 11.7 Å². The summed E-state index contributed by atoms with van der Waals surface area (Å²) in [6.07, 6.45) is 4.64. The van der Waals surface area contributed by atoms with Crippen molar-refractivity contribution in [1.82, 2.24) is 5.32 Å². The van der Waals surface area contributed by atoms with Crippen LogP contribution in [0.15, 0.2) is 24.3 Å². The van der Waals surface area contributed by atoms with E-state index in [9.17, 15) is 9.18 Å². The summed E-state index contributed by atoms with van der Waals surface area (Å²) in [5.74, 6) is 0.0314. The fourth-order valence-corrected chi connectivity index (χ4v) is 2.77. The lowest BCUT2D eigenvalue weighted by atomic mass is 9.84. The Hall–Kier alpha value is -1.13. The van der Waals surface area contributed by atoms with Gasteiger partial charge in [-0.25, -0.2) is 4.39 Å². The molecule has 3 nitrogen and oxygen atoms in total. The molecule has 3 N–H and O–H groups in total. The molecule has 1 saturated carbocycles. The number of hydrogen-bond donors (Lipinski definition) is 2. The molecule has 5 heteroatoms. The minimum absolute atomic E-state index is 0. The number of halogens is 2. The lowest BCUT2D eigenvalue weighted by Gasteiger charge is -2.31. The second-order valence-electron chi connectivity index (χ2n) is 5.26. The molecule has 0 bridgehead atoms. The zero-order valence-electron chi connectivity index (χ0n) is 11.5. The molecule has 0 spiro atoms. The van der Waals surface area contributed by atoms with Gasteiger partial charge in [0.2, 0.25) is 5.91 Å². The molecule has 1 aromatic carbocycles. The number of nitrogens with one attached hydrogen (secondary N) is 1. The smallest absolute Gasteiger partial charge is 0.224 e. The fourth-order valence-electron chi connectivity index (χ4n) is 2.77. The van der Waals surface area contributed by atoms with Gasteiger partial charge in [-0.15, -0.1) is 12.4 Å². The van der Waals surface area contributed by atoms with Gasteiger partial charge in [0.1, 0.15) is 5.82 Å². The SMILES string of the molecule is Cl.NCC1CCCCC1NC(=O)Cc1cccc(F)c1. The highest BCUT2D eigenvalue weighted by molar-refractivity contribution is 5.85. The van der Waals surface area contributed by atoms with Crippen LogP contribution in [0.1, 0.15) is 31.2 Å². The summed E-state index contributed by atoms with van der Waals surface area (Å²) < 4.78 is 13.0. The summed E-state index contributed by atoms with van der Waals surface area (Å²) in [5, 5.41) is 3.05. The molecular formula is C15H22ClFN2O. The van der Waals surface area contributed by atoms with Crippen molar-refractivity contribution in [2.24, 2.45) is 11.7 Å². The lowest BCUT2D eigenvalue weighted by molar-refractivity contribution is -0.121. The van der Waals surface area contributed by atoms with E-state index < -0.39 is 0 Å². The Balaban J connectivity index is 0.00000200. The maximum Gasteiger partial charge on any atom is 0.224 e. The maximum absolute atomic E-state index is 13.0. The standard InChI is InChI=1S/C15H21FN2O.ClH/c16-13-6-3-4-11(8-13)9-15(19)18-14-7-2-1-5-12(14)10-17;/h3-4,6,8,12,14H,1-2,5,7,9-10,17H2,(H,18,19);1H. The largest absolute Gasteiger partial charge is 0.353 e. The molecule has 0 radical (unpaired) electrons. The Bertz CT molecular complexity index is 442. The summed E-state index contributed by atoms with van der Waals surface area (Å²) in [7, 11) is 0. The van der Waals surface area contributed by atoms with Crippen molar-refractivity contribution in [3.8, 4) is 0 Å². The lowest BCUT2D eigenvalue weighted by Crippen LogP contribution is -2.45. The minimum atomic E-state index is -0.303. The van der Waals surface area contributed by atoms with Crippen LogP contribution in [0.5, 0.6) is 0 Å². The molecule has 0 aromatic heterocycles. The van der Waals surface area contributed by atoms with E-state index in [4.69, 9.17) is 5.73 Å². The summed E-state index contributed by atoms with van der Waals surface area (Å²) in [5.41, 5.74) is 6.45. The molecule has 20 heavy (non-hydrogen) atoms. The topological polar surface area (TPSA) is 55.1 Å². The van der Waals surface area contributed by atoms with Crippen LogP contribution in [0.4, 0.5) is 4.39 Å². The Morgan fingerprint density at radius 3 is 2.80 bits per heavy atom. The third-order valence-electron chi connectivity index (χ3n) is 3.81. The van der Waals surface area contributed by atoms with Crippen molar-refractivity contribution < 1.29 is 9.18 Å². The van der Waals surface area contributed by atoms with Crippen LogP contribution in [0.3, 0.4) is 0 Å². The number of hydrogen-bond acceptors (Lipinski definition) is 2. The van der Waals surface area contributed by atoms with E-state index >= 15 is 0 Å². The molecule has 0 aliphatic heterocycles. The van der Waals surface area contributed by atoms with E-state index in [2.05, 4.69) is 5.32 Å². The molecule has 2 atom stereocenters. The average molecular weight is 301 g/mol. The van der Waals surface area contributed by atoms with Crippen LogP contribution < -0.4 is 11.1 Å². The highest BCUT2D eigenvalue weighted by Gasteiger charge is 2.25. The highest BCUT2D eigenvalue weighted by Crippen LogP contribution is 2.23. The molecule has 112 valence electrons. The van der Waals surface area contributed by atoms with Crippen LogP contribution >= 0.6 is 12.4 Å². The minimum Gasteiger partial charge on any atom is -0.353 e. The van der Waals surface area contributed by atoms with E-state index in [0.717, 1.165) is 19.3 Å². The Labute approximate surface area is 125 Å². The first-order valence-electron chi connectivity index (χ1n) is 6.93. The van der Waals surface area contributed by atoms with E-state index in [-0.39, 0.29) is 36.6 Å². The van der Waals surface area contributed by atoms with Gasteiger partial charge in [0.15, 0.2) is 0 Å². The van der Waals surface area contributed by atoms with Gasteiger partial charge in [-0.05, 0) is 43.0 Å². The van der Waals surface area contributed by atoms with Crippen molar-refractivity contribution >= 4 is 18.3 Å². The first-order valence-corrected chi connectivity index (χ1v) is 6.93. The number of carbonyl (C=O) groups excluding carboxylic acids is 1. The molecule has 2 unspecified atom stereocenters. The van der Waals surface area contributed by atoms with Gasteiger partial charge < -0.3 is 11.1 Å². The monoisotopic (exact) mass is 300 g/mol. The summed E-state index contributed by atoms with van der Waals surface area (Å²) in [6.45, 7) is 0.616. The van der Waals surface area contributed by atoms with E-state index in [1.54, 1.807) is 12.1 Å². The van der Waals surface area contributed by atoms with Gasteiger partial charge in [-0.3, -0.25) is 4.79 Å².